The molecular weight excluding hydrogens is 312 g/mol. The zero-order chi connectivity index (χ0) is 16.7. The Balaban J connectivity index is 2.02. The molecule has 5 nitrogen and oxygen atoms in total. The summed E-state index contributed by atoms with van der Waals surface area (Å²) in [5, 5.41) is 5.69. The lowest BCUT2D eigenvalue weighted by molar-refractivity contribution is -0.112. The minimum Gasteiger partial charge on any atom is -0.496 e. The molecule has 0 saturated carbocycles. The van der Waals surface area contributed by atoms with E-state index in [1.54, 1.807) is 31.2 Å². The topological polar surface area (TPSA) is 67.4 Å². The molecule has 0 bridgehead atoms. The van der Waals surface area contributed by atoms with Crippen molar-refractivity contribution in [3.8, 4) is 0 Å². The summed E-state index contributed by atoms with van der Waals surface area (Å²) in [6.45, 7) is 5.15. The first-order valence-electron chi connectivity index (χ1n) is 7.78. The van der Waals surface area contributed by atoms with Gasteiger partial charge in [-0.2, -0.15) is 0 Å². The lowest BCUT2D eigenvalue weighted by Gasteiger charge is -2.17. The molecule has 2 amide bonds. The summed E-state index contributed by atoms with van der Waals surface area (Å²) >= 11 is 1.49. The van der Waals surface area contributed by atoms with E-state index in [1.165, 1.54) is 11.8 Å². The Morgan fingerprint density at radius 3 is 2.87 bits per heavy atom. The van der Waals surface area contributed by atoms with Crippen LogP contribution in [0.3, 0.4) is 0 Å². The van der Waals surface area contributed by atoms with Crippen LogP contribution < -0.4 is 10.6 Å². The lowest BCUT2D eigenvalue weighted by atomic mass is 10.2. The van der Waals surface area contributed by atoms with E-state index in [0.717, 1.165) is 18.6 Å². The Labute approximate surface area is 140 Å². The SMILES string of the molecule is CCCCNC(=O)c1cccc(NC(=O)C2=C(C)OCCS2)c1. The van der Waals surface area contributed by atoms with Crippen molar-refractivity contribution in [1.29, 1.82) is 0 Å². The summed E-state index contributed by atoms with van der Waals surface area (Å²) in [7, 11) is 0. The molecule has 0 saturated heterocycles. The first-order valence-corrected chi connectivity index (χ1v) is 8.76. The van der Waals surface area contributed by atoms with Crippen LogP contribution in [-0.4, -0.2) is 30.7 Å². The number of allylic oxidation sites excluding steroid dienone is 1. The van der Waals surface area contributed by atoms with E-state index in [-0.39, 0.29) is 11.8 Å². The molecule has 1 aromatic rings. The number of carbonyl (C=O) groups is 2. The molecule has 1 aliphatic heterocycles. The maximum atomic E-state index is 12.3. The van der Waals surface area contributed by atoms with Gasteiger partial charge in [0.2, 0.25) is 0 Å². The van der Waals surface area contributed by atoms with Gasteiger partial charge in [0.25, 0.3) is 11.8 Å². The molecule has 2 rings (SSSR count). The first kappa shape index (κ1) is 17.4. The van der Waals surface area contributed by atoms with Crippen molar-refractivity contribution in [2.45, 2.75) is 26.7 Å². The monoisotopic (exact) mass is 334 g/mol. The Hall–Kier alpha value is -1.95. The Morgan fingerprint density at radius 1 is 1.30 bits per heavy atom. The van der Waals surface area contributed by atoms with Crippen molar-refractivity contribution < 1.29 is 14.3 Å². The van der Waals surface area contributed by atoms with Crippen molar-refractivity contribution >= 4 is 29.3 Å². The quantitative estimate of drug-likeness (QED) is 0.784. The van der Waals surface area contributed by atoms with Crippen LogP contribution >= 0.6 is 11.8 Å². The highest BCUT2D eigenvalue weighted by Crippen LogP contribution is 2.26. The molecule has 23 heavy (non-hydrogen) atoms. The van der Waals surface area contributed by atoms with E-state index in [9.17, 15) is 9.59 Å². The number of hydrogen-bond acceptors (Lipinski definition) is 4. The number of hydrogen-bond donors (Lipinski definition) is 2. The number of anilines is 1. The van der Waals surface area contributed by atoms with E-state index in [2.05, 4.69) is 17.6 Å². The van der Waals surface area contributed by atoms with Gasteiger partial charge in [-0.15, -0.1) is 11.8 Å². The second kappa shape index (κ2) is 8.62. The number of carbonyl (C=O) groups excluding carboxylic acids is 2. The second-order valence-electron chi connectivity index (χ2n) is 5.23. The Morgan fingerprint density at radius 2 is 2.13 bits per heavy atom. The molecule has 1 aromatic carbocycles. The number of nitrogens with one attached hydrogen (secondary N) is 2. The molecule has 0 unspecified atom stereocenters. The fraction of sp³-hybridized carbons (Fsp3) is 0.412. The zero-order valence-electron chi connectivity index (χ0n) is 13.5. The van der Waals surface area contributed by atoms with E-state index >= 15 is 0 Å². The standard InChI is InChI=1S/C17H22N2O3S/c1-3-4-8-18-16(20)13-6-5-7-14(11-13)19-17(21)15-12(2)22-9-10-23-15/h5-7,11H,3-4,8-10H2,1-2H3,(H,18,20)(H,19,21). The highest BCUT2D eigenvalue weighted by atomic mass is 32.2. The third-order valence-electron chi connectivity index (χ3n) is 3.37. The number of unbranched alkanes of at least 4 members (excludes halogenated alkanes) is 1. The van der Waals surface area contributed by atoms with Gasteiger partial charge in [-0.05, 0) is 31.5 Å². The molecule has 0 fully saturated rings. The summed E-state index contributed by atoms with van der Waals surface area (Å²) in [5.74, 6) is 1.09. The largest absolute Gasteiger partial charge is 0.496 e. The van der Waals surface area contributed by atoms with Crippen LogP contribution in [0.2, 0.25) is 0 Å². The van der Waals surface area contributed by atoms with E-state index < -0.39 is 0 Å². The van der Waals surface area contributed by atoms with E-state index in [1.807, 2.05) is 0 Å². The molecular formula is C17H22N2O3S. The average molecular weight is 334 g/mol. The number of amides is 2. The van der Waals surface area contributed by atoms with Crippen LogP contribution in [0.5, 0.6) is 0 Å². The van der Waals surface area contributed by atoms with Crippen LogP contribution in [0.15, 0.2) is 34.9 Å². The minimum atomic E-state index is -0.198. The molecule has 6 heteroatoms. The Kier molecular flexibility index (Phi) is 6.52. The molecule has 0 spiro atoms. The number of thioether (sulfide) groups is 1. The third-order valence-corrected chi connectivity index (χ3v) is 4.51. The van der Waals surface area contributed by atoms with Gasteiger partial charge in [-0.1, -0.05) is 19.4 Å². The van der Waals surface area contributed by atoms with Crippen LogP contribution in [0.25, 0.3) is 0 Å². The first-order chi connectivity index (χ1) is 11.1. The summed E-state index contributed by atoms with van der Waals surface area (Å²) in [6, 6.07) is 6.95. The van der Waals surface area contributed by atoms with Gasteiger partial charge in [0, 0.05) is 23.5 Å². The average Bonchev–Trinajstić information content (AvgIpc) is 2.55. The summed E-state index contributed by atoms with van der Waals surface area (Å²) in [5.41, 5.74) is 1.14. The van der Waals surface area contributed by atoms with Crippen molar-refractivity contribution in [2.24, 2.45) is 0 Å². The van der Waals surface area contributed by atoms with Crippen LogP contribution in [0.1, 0.15) is 37.0 Å². The van der Waals surface area contributed by atoms with Crippen molar-refractivity contribution in [3.05, 3.63) is 40.5 Å². The van der Waals surface area contributed by atoms with Crippen molar-refractivity contribution in [2.75, 3.05) is 24.2 Å². The van der Waals surface area contributed by atoms with Gasteiger partial charge < -0.3 is 15.4 Å². The molecule has 124 valence electrons. The van der Waals surface area contributed by atoms with Gasteiger partial charge >= 0.3 is 0 Å². The van der Waals surface area contributed by atoms with Gasteiger partial charge in [0.15, 0.2) is 0 Å². The van der Waals surface area contributed by atoms with Gasteiger partial charge in [0.05, 0.1) is 6.61 Å². The fourth-order valence-corrected chi connectivity index (χ4v) is 2.95. The second-order valence-corrected chi connectivity index (χ2v) is 6.33. The Bertz CT molecular complexity index is 614. The smallest absolute Gasteiger partial charge is 0.265 e. The molecule has 1 aliphatic rings. The van der Waals surface area contributed by atoms with E-state index in [4.69, 9.17) is 4.74 Å². The molecule has 0 aromatic heterocycles. The molecule has 0 radical (unpaired) electrons. The fourth-order valence-electron chi connectivity index (χ4n) is 2.14. The molecule has 0 atom stereocenters. The summed E-state index contributed by atoms with van der Waals surface area (Å²) in [6.07, 6.45) is 1.98. The summed E-state index contributed by atoms with van der Waals surface area (Å²) < 4.78 is 5.40. The van der Waals surface area contributed by atoms with Crippen LogP contribution in [-0.2, 0) is 9.53 Å². The number of rotatable bonds is 6. The van der Waals surface area contributed by atoms with Gasteiger partial charge in [-0.3, -0.25) is 9.59 Å². The summed E-state index contributed by atoms with van der Waals surface area (Å²) in [4.78, 5) is 24.9. The third kappa shape index (κ3) is 5.03. The maximum absolute atomic E-state index is 12.3. The highest BCUT2D eigenvalue weighted by molar-refractivity contribution is 8.04. The molecule has 0 aliphatic carbocycles. The van der Waals surface area contributed by atoms with Crippen molar-refractivity contribution in [1.82, 2.24) is 5.32 Å². The van der Waals surface area contributed by atoms with E-state index in [0.29, 0.717) is 35.1 Å². The predicted molar refractivity (Wildman–Crippen MR) is 93.4 cm³/mol. The van der Waals surface area contributed by atoms with Gasteiger partial charge in [-0.25, -0.2) is 0 Å². The minimum absolute atomic E-state index is 0.125. The van der Waals surface area contributed by atoms with Crippen LogP contribution in [0.4, 0.5) is 5.69 Å². The number of ether oxygens (including phenoxy) is 1. The van der Waals surface area contributed by atoms with Gasteiger partial charge in [0.1, 0.15) is 10.7 Å². The number of benzene rings is 1. The van der Waals surface area contributed by atoms with Crippen LogP contribution in [0, 0.1) is 0 Å². The predicted octanol–water partition coefficient (Wildman–Crippen LogP) is 3.15. The normalized spacial score (nSPS) is 14.2. The maximum Gasteiger partial charge on any atom is 0.265 e. The molecule has 2 N–H and O–H groups in total. The zero-order valence-corrected chi connectivity index (χ0v) is 14.3. The lowest BCUT2D eigenvalue weighted by Crippen LogP contribution is -2.24. The van der Waals surface area contributed by atoms with Crippen molar-refractivity contribution in [3.63, 3.8) is 0 Å². The highest BCUT2D eigenvalue weighted by Gasteiger charge is 2.19. The molecule has 1 heterocycles.